The van der Waals surface area contributed by atoms with Gasteiger partial charge in [0.25, 0.3) is 0 Å². The predicted molar refractivity (Wildman–Crippen MR) is 62.0 cm³/mol. The van der Waals surface area contributed by atoms with Crippen LogP contribution in [0.4, 0.5) is 0 Å². The van der Waals surface area contributed by atoms with Gasteiger partial charge < -0.3 is 4.98 Å². The number of pyridine rings is 1. The number of aryl methyl sites for hydroxylation is 1. The fourth-order valence-corrected chi connectivity index (χ4v) is 1.49. The van der Waals surface area contributed by atoms with Crippen LogP contribution in [0.5, 0.6) is 0 Å². The Morgan fingerprint density at radius 2 is 2.07 bits per heavy atom. The molecule has 0 aliphatic rings. The number of rotatable bonds is 1. The molecule has 0 fully saturated rings. The Morgan fingerprint density at radius 3 is 2.67 bits per heavy atom. The molecule has 15 heavy (non-hydrogen) atoms. The fraction of sp³-hybridized carbons (Fsp3) is 0.500. The maximum atomic E-state index is 4.49. The Bertz CT molecular complexity index is 477. The lowest BCUT2D eigenvalue weighted by Crippen LogP contribution is -2.12. The van der Waals surface area contributed by atoms with Crippen LogP contribution in [-0.4, -0.2) is 15.0 Å². The van der Waals surface area contributed by atoms with Crippen molar-refractivity contribution in [1.29, 1.82) is 0 Å². The van der Waals surface area contributed by atoms with Crippen molar-refractivity contribution in [3.63, 3.8) is 0 Å². The first-order chi connectivity index (χ1) is 7.00. The number of H-pyrrole nitrogens is 1. The largest absolute Gasteiger partial charge is 0.340 e. The molecule has 0 saturated carbocycles. The van der Waals surface area contributed by atoms with Crippen molar-refractivity contribution in [1.82, 2.24) is 15.0 Å². The van der Waals surface area contributed by atoms with Gasteiger partial charge in [-0.2, -0.15) is 0 Å². The van der Waals surface area contributed by atoms with Gasteiger partial charge in [-0.05, 0) is 18.1 Å². The van der Waals surface area contributed by atoms with Gasteiger partial charge >= 0.3 is 0 Å². The van der Waals surface area contributed by atoms with E-state index in [0.29, 0.717) is 0 Å². The third kappa shape index (κ3) is 1.87. The zero-order chi connectivity index (χ0) is 11.1. The minimum absolute atomic E-state index is 0.0487. The van der Waals surface area contributed by atoms with Crippen LogP contribution in [0, 0.1) is 0 Å². The fourth-order valence-electron chi connectivity index (χ4n) is 1.49. The van der Waals surface area contributed by atoms with E-state index >= 15 is 0 Å². The second-order valence-electron chi connectivity index (χ2n) is 4.90. The van der Waals surface area contributed by atoms with Gasteiger partial charge in [0, 0.05) is 11.6 Å². The summed E-state index contributed by atoms with van der Waals surface area (Å²) in [5, 5.41) is 0. The summed E-state index contributed by atoms with van der Waals surface area (Å²) in [4.78, 5) is 12.2. The van der Waals surface area contributed by atoms with E-state index in [9.17, 15) is 0 Å². The van der Waals surface area contributed by atoms with Crippen molar-refractivity contribution in [2.45, 2.75) is 39.5 Å². The van der Waals surface area contributed by atoms with E-state index in [1.54, 1.807) is 0 Å². The molecule has 80 valence electrons. The third-order valence-electron chi connectivity index (χ3n) is 2.51. The predicted octanol–water partition coefficient (Wildman–Crippen LogP) is 2.82. The van der Waals surface area contributed by atoms with Crippen molar-refractivity contribution < 1.29 is 0 Å². The first-order valence-electron chi connectivity index (χ1n) is 5.36. The molecule has 0 unspecified atom stereocenters. The quantitative estimate of drug-likeness (QED) is 0.774. The van der Waals surface area contributed by atoms with Crippen LogP contribution in [0.25, 0.3) is 11.2 Å². The van der Waals surface area contributed by atoms with Gasteiger partial charge in [-0.25, -0.2) is 9.97 Å². The van der Waals surface area contributed by atoms with Crippen LogP contribution < -0.4 is 0 Å². The highest BCUT2D eigenvalue weighted by atomic mass is 15.0. The molecular formula is C12H17N3. The molecule has 0 saturated heterocycles. The normalized spacial score (nSPS) is 12.3. The number of hydrogen-bond acceptors (Lipinski definition) is 2. The number of nitrogens with zero attached hydrogens (tertiary/aromatic N) is 2. The van der Waals surface area contributed by atoms with Gasteiger partial charge in [0.2, 0.25) is 0 Å². The number of hydrogen-bond donors (Lipinski definition) is 1. The molecule has 0 radical (unpaired) electrons. The van der Waals surface area contributed by atoms with Crippen molar-refractivity contribution in [3.8, 4) is 0 Å². The first-order valence-corrected chi connectivity index (χ1v) is 5.36. The summed E-state index contributed by atoms with van der Waals surface area (Å²) >= 11 is 0. The van der Waals surface area contributed by atoms with E-state index in [1.807, 2.05) is 6.20 Å². The molecule has 3 nitrogen and oxygen atoms in total. The smallest absolute Gasteiger partial charge is 0.177 e. The van der Waals surface area contributed by atoms with Gasteiger partial charge in [-0.15, -0.1) is 0 Å². The second kappa shape index (κ2) is 3.33. The highest BCUT2D eigenvalue weighted by Crippen LogP contribution is 2.21. The van der Waals surface area contributed by atoms with Crippen LogP contribution in [-0.2, 0) is 11.8 Å². The summed E-state index contributed by atoms with van der Waals surface area (Å²) < 4.78 is 0. The van der Waals surface area contributed by atoms with Gasteiger partial charge in [0.05, 0.1) is 5.52 Å². The van der Waals surface area contributed by atoms with E-state index in [-0.39, 0.29) is 5.41 Å². The summed E-state index contributed by atoms with van der Waals surface area (Å²) in [5.41, 5.74) is 3.15. The van der Waals surface area contributed by atoms with E-state index in [1.165, 1.54) is 5.56 Å². The molecule has 0 spiro atoms. The Balaban J connectivity index is 2.56. The Labute approximate surface area is 90.0 Å². The van der Waals surface area contributed by atoms with E-state index in [2.05, 4.69) is 48.7 Å². The lowest BCUT2D eigenvalue weighted by molar-refractivity contribution is 0.554. The van der Waals surface area contributed by atoms with Crippen LogP contribution in [0.1, 0.15) is 39.1 Å². The molecule has 2 aromatic heterocycles. The van der Waals surface area contributed by atoms with Gasteiger partial charge in [-0.1, -0.05) is 27.7 Å². The number of imidazole rings is 1. The highest BCUT2D eigenvalue weighted by molar-refractivity contribution is 5.71. The van der Waals surface area contributed by atoms with Gasteiger partial charge in [0.1, 0.15) is 5.82 Å². The van der Waals surface area contributed by atoms with Crippen molar-refractivity contribution >= 4 is 11.2 Å². The monoisotopic (exact) mass is 203 g/mol. The summed E-state index contributed by atoms with van der Waals surface area (Å²) in [6.07, 6.45) is 2.91. The summed E-state index contributed by atoms with van der Waals surface area (Å²) in [7, 11) is 0. The Hall–Kier alpha value is -1.38. The van der Waals surface area contributed by atoms with Gasteiger partial charge in [0.15, 0.2) is 5.65 Å². The zero-order valence-electron chi connectivity index (χ0n) is 9.76. The van der Waals surface area contributed by atoms with E-state index in [4.69, 9.17) is 0 Å². The average Bonchev–Trinajstić information content (AvgIpc) is 2.59. The number of fused-ring (bicyclic) bond motifs is 1. The van der Waals surface area contributed by atoms with Gasteiger partial charge in [-0.3, -0.25) is 0 Å². The topological polar surface area (TPSA) is 41.6 Å². The SMILES string of the molecule is CCc1cnc2nc(C(C)(C)C)[nH]c2c1. The minimum Gasteiger partial charge on any atom is -0.340 e. The Kier molecular flexibility index (Phi) is 2.25. The standard InChI is InChI=1S/C12H17N3/c1-5-8-6-9-10(13-7-8)15-11(14-9)12(2,3)4/h6-7H,5H2,1-4H3,(H,13,14,15). The number of aromatic amines is 1. The lowest BCUT2D eigenvalue weighted by atomic mass is 9.96. The number of aromatic nitrogens is 3. The second-order valence-corrected chi connectivity index (χ2v) is 4.90. The maximum Gasteiger partial charge on any atom is 0.177 e. The van der Waals surface area contributed by atoms with E-state index in [0.717, 1.165) is 23.4 Å². The molecule has 2 aromatic rings. The molecule has 2 rings (SSSR count). The zero-order valence-corrected chi connectivity index (χ0v) is 9.76. The molecule has 3 heteroatoms. The van der Waals surface area contributed by atoms with Crippen LogP contribution in [0.2, 0.25) is 0 Å². The average molecular weight is 203 g/mol. The molecule has 1 N–H and O–H groups in total. The third-order valence-corrected chi connectivity index (χ3v) is 2.51. The van der Waals surface area contributed by atoms with Crippen LogP contribution in [0.15, 0.2) is 12.3 Å². The molecule has 2 heterocycles. The molecule has 0 atom stereocenters. The summed E-state index contributed by atoms with van der Waals surface area (Å²) in [6, 6.07) is 2.13. The minimum atomic E-state index is 0.0487. The van der Waals surface area contributed by atoms with Crippen molar-refractivity contribution in [3.05, 3.63) is 23.7 Å². The summed E-state index contributed by atoms with van der Waals surface area (Å²) in [5.74, 6) is 0.998. The first kappa shape index (κ1) is 10.1. The molecule has 0 bridgehead atoms. The molecule has 0 aliphatic heterocycles. The summed E-state index contributed by atoms with van der Waals surface area (Å²) in [6.45, 7) is 8.56. The Morgan fingerprint density at radius 1 is 1.33 bits per heavy atom. The van der Waals surface area contributed by atoms with Crippen molar-refractivity contribution in [2.75, 3.05) is 0 Å². The maximum absolute atomic E-state index is 4.49. The number of nitrogens with one attached hydrogen (secondary N) is 1. The molecular weight excluding hydrogens is 186 g/mol. The molecule has 0 aliphatic carbocycles. The highest BCUT2D eigenvalue weighted by Gasteiger charge is 2.18. The van der Waals surface area contributed by atoms with Crippen LogP contribution in [0.3, 0.4) is 0 Å². The van der Waals surface area contributed by atoms with Crippen LogP contribution >= 0.6 is 0 Å². The van der Waals surface area contributed by atoms with E-state index < -0.39 is 0 Å². The van der Waals surface area contributed by atoms with Crippen molar-refractivity contribution in [2.24, 2.45) is 0 Å². The lowest BCUT2D eigenvalue weighted by Gasteiger charge is -2.13. The molecule has 0 aromatic carbocycles. The molecule has 0 amide bonds.